The first-order valence-electron chi connectivity index (χ1n) is 13.4. The lowest BCUT2D eigenvalue weighted by Crippen LogP contribution is -2.40. The van der Waals surface area contributed by atoms with Gasteiger partial charge in [0.05, 0.1) is 6.61 Å². The first-order chi connectivity index (χ1) is 14.6. The van der Waals surface area contributed by atoms with Crippen LogP contribution in [-0.2, 0) is 9.47 Å². The Morgan fingerprint density at radius 2 is 1.27 bits per heavy atom. The van der Waals surface area contributed by atoms with E-state index in [-0.39, 0.29) is 5.60 Å². The van der Waals surface area contributed by atoms with Crippen molar-refractivity contribution in [3.05, 3.63) is 0 Å². The van der Waals surface area contributed by atoms with Gasteiger partial charge in [0.25, 0.3) is 0 Å². The van der Waals surface area contributed by atoms with Crippen LogP contribution >= 0.6 is 0 Å². The highest BCUT2D eigenvalue weighted by Crippen LogP contribution is 2.39. The van der Waals surface area contributed by atoms with Crippen molar-refractivity contribution in [2.24, 2.45) is 11.8 Å². The number of carbonyl (C=O) groups is 1. The summed E-state index contributed by atoms with van der Waals surface area (Å²) in [5.41, 5.74) is -0.339. The van der Waals surface area contributed by atoms with Crippen molar-refractivity contribution < 1.29 is 14.3 Å². The molecule has 1 aliphatic rings. The van der Waals surface area contributed by atoms with Crippen LogP contribution in [0.3, 0.4) is 0 Å². The molecule has 0 aromatic rings. The lowest BCUT2D eigenvalue weighted by Gasteiger charge is -2.38. The average molecular weight is 425 g/mol. The first-order valence-corrected chi connectivity index (χ1v) is 13.4. The van der Waals surface area contributed by atoms with E-state index in [1.54, 1.807) is 0 Å². The Bertz CT molecular complexity index is 402. The molecule has 2 unspecified atom stereocenters. The Labute approximate surface area is 188 Å². The summed E-state index contributed by atoms with van der Waals surface area (Å²) in [5, 5.41) is 0. The SMILES string of the molecule is CCCCC(CC)CC1(CC(CC)CCCC)CCCCCCCCCOC(=O)O1. The van der Waals surface area contributed by atoms with Crippen LogP contribution in [0.4, 0.5) is 4.79 Å². The fraction of sp³-hybridized carbons (Fsp3) is 0.963. The van der Waals surface area contributed by atoms with Crippen LogP contribution in [0.2, 0.25) is 0 Å². The van der Waals surface area contributed by atoms with Crippen LogP contribution in [0.5, 0.6) is 0 Å². The highest BCUT2D eigenvalue weighted by atomic mass is 16.7. The second kappa shape index (κ2) is 16.9. The van der Waals surface area contributed by atoms with E-state index in [2.05, 4.69) is 27.7 Å². The van der Waals surface area contributed by atoms with E-state index in [4.69, 9.17) is 9.47 Å². The summed E-state index contributed by atoms with van der Waals surface area (Å²) in [6, 6.07) is 0. The van der Waals surface area contributed by atoms with Gasteiger partial charge in [-0.05, 0) is 43.9 Å². The zero-order chi connectivity index (χ0) is 22.1. The molecule has 0 aliphatic carbocycles. The van der Waals surface area contributed by atoms with E-state index >= 15 is 0 Å². The molecule has 3 heteroatoms. The number of ether oxygens (including phenoxy) is 2. The third kappa shape index (κ3) is 11.6. The molecule has 0 amide bonds. The highest BCUT2D eigenvalue weighted by molar-refractivity contribution is 5.60. The van der Waals surface area contributed by atoms with Crippen molar-refractivity contribution in [1.29, 1.82) is 0 Å². The number of rotatable bonds is 12. The Morgan fingerprint density at radius 1 is 0.767 bits per heavy atom. The van der Waals surface area contributed by atoms with Crippen molar-refractivity contribution in [2.45, 2.75) is 149 Å². The van der Waals surface area contributed by atoms with Crippen LogP contribution in [0.1, 0.15) is 143 Å². The number of hydrogen-bond donors (Lipinski definition) is 0. The maximum atomic E-state index is 12.7. The third-order valence-corrected chi connectivity index (χ3v) is 7.20. The number of hydrogen-bond acceptors (Lipinski definition) is 3. The summed E-state index contributed by atoms with van der Waals surface area (Å²) in [4.78, 5) is 12.7. The van der Waals surface area contributed by atoms with Crippen molar-refractivity contribution in [2.75, 3.05) is 6.61 Å². The molecule has 0 saturated carbocycles. The van der Waals surface area contributed by atoms with Crippen LogP contribution in [0.15, 0.2) is 0 Å². The van der Waals surface area contributed by atoms with Gasteiger partial charge in [0.2, 0.25) is 0 Å². The fourth-order valence-corrected chi connectivity index (χ4v) is 5.16. The topological polar surface area (TPSA) is 35.5 Å². The lowest BCUT2D eigenvalue weighted by molar-refractivity contribution is -0.0686. The van der Waals surface area contributed by atoms with Crippen molar-refractivity contribution >= 4 is 6.16 Å². The smallest absolute Gasteiger partial charge is 0.434 e. The van der Waals surface area contributed by atoms with Crippen LogP contribution in [0.25, 0.3) is 0 Å². The maximum Gasteiger partial charge on any atom is 0.508 e. The van der Waals surface area contributed by atoms with Gasteiger partial charge in [-0.1, -0.05) is 111 Å². The van der Waals surface area contributed by atoms with Crippen LogP contribution in [0, 0.1) is 11.8 Å². The minimum Gasteiger partial charge on any atom is -0.434 e. The number of cyclic esters (lactones) is 2. The molecule has 1 saturated heterocycles. The molecule has 1 aliphatic heterocycles. The highest BCUT2D eigenvalue weighted by Gasteiger charge is 2.38. The lowest BCUT2D eigenvalue weighted by atomic mass is 9.76. The van der Waals surface area contributed by atoms with E-state index in [1.165, 1.54) is 83.5 Å². The number of carbonyl (C=O) groups excluding carboxylic acids is 1. The summed E-state index contributed by atoms with van der Waals surface area (Å²) >= 11 is 0. The van der Waals surface area contributed by atoms with Crippen LogP contribution in [-0.4, -0.2) is 18.4 Å². The summed E-state index contributed by atoms with van der Waals surface area (Å²) in [7, 11) is 0. The molecule has 3 nitrogen and oxygen atoms in total. The van der Waals surface area contributed by atoms with E-state index in [1.807, 2.05) is 0 Å². The zero-order valence-electron chi connectivity index (χ0n) is 20.8. The van der Waals surface area contributed by atoms with Gasteiger partial charge in [-0.2, -0.15) is 0 Å². The third-order valence-electron chi connectivity index (χ3n) is 7.20. The molecule has 1 fully saturated rings. The molecule has 0 N–H and O–H groups in total. The fourth-order valence-electron chi connectivity index (χ4n) is 5.16. The number of unbranched alkanes of at least 4 members (excludes halogenated alkanes) is 2. The largest absolute Gasteiger partial charge is 0.508 e. The molecule has 0 aromatic carbocycles. The Balaban J connectivity index is 3.04. The summed E-state index contributed by atoms with van der Waals surface area (Å²) in [5.74, 6) is 1.27. The monoisotopic (exact) mass is 424 g/mol. The minimum absolute atomic E-state index is 0.339. The molecule has 0 bridgehead atoms. The van der Waals surface area contributed by atoms with Crippen LogP contribution < -0.4 is 0 Å². The summed E-state index contributed by atoms with van der Waals surface area (Å²) in [6.45, 7) is 9.66. The second-order valence-corrected chi connectivity index (χ2v) is 9.85. The summed E-state index contributed by atoms with van der Waals surface area (Å²) in [6.07, 6.45) is 20.9. The Kier molecular flexibility index (Phi) is 15.4. The Morgan fingerprint density at radius 3 is 1.77 bits per heavy atom. The van der Waals surface area contributed by atoms with E-state index in [0.717, 1.165) is 32.1 Å². The molecular weight excluding hydrogens is 372 g/mol. The van der Waals surface area contributed by atoms with Gasteiger partial charge < -0.3 is 9.47 Å². The molecule has 0 spiro atoms. The van der Waals surface area contributed by atoms with Gasteiger partial charge in [-0.15, -0.1) is 0 Å². The molecular formula is C27H52O3. The molecule has 30 heavy (non-hydrogen) atoms. The first kappa shape index (κ1) is 27.3. The minimum atomic E-state index is -0.412. The molecule has 1 rings (SSSR count). The maximum absolute atomic E-state index is 12.7. The van der Waals surface area contributed by atoms with Gasteiger partial charge in [-0.25, -0.2) is 4.79 Å². The van der Waals surface area contributed by atoms with Gasteiger partial charge in [0.1, 0.15) is 5.60 Å². The van der Waals surface area contributed by atoms with Gasteiger partial charge in [-0.3, -0.25) is 0 Å². The van der Waals surface area contributed by atoms with Gasteiger partial charge in [0, 0.05) is 0 Å². The Hall–Kier alpha value is -0.730. The van der Waals surface area contributed by atoms with E-state index < -0.39 is 6.16 Å². The predicted molar refractivity (Wildman–Crippen MR) is 128 cm³/mol. The predicted octanol–water partition coefficient (Wildman–Crippen LogP) is 9.23. The normalized spacial score (nSPS) is 23.9. The molecule has 178 valence electrons. The molecule has 0 aromatic heterocycles. The van der Waals surface area contributed by atoms with E-state index in [0.29, 0.717) is 18.4 Å². The molecule has 1 heterocycles. The molecule has 0 radical (unpaired) electrons. The van der Waals surface area contributed by atoms with Crippen molar-refractivity contribution in [1.82, 2.24) is 0 Å². The van der Waals surface area contributed by atoms with Crippen molar-refractivity contribution in [3.8, 4) is 0 Å². The van der Waals surface area contributed by atoms with E-state index in [9.17, 15) is 4.79 Å². The standard InChI is InChI=1S/C27H52O3/c1-5-9-18-24(7-3)22-27(23-25(8-4)19-10-6-2)20-16-14-12-11-13-15-17-21-29-26(28)30-27/h24-25H,5-23H2,1-4H3. The molecule has 2 atom stereocenters. The van der Waals surface area contributed by atoms with Gasteiger partial charge in [0.15, 0.2) is 0 Å². The summed E-state index contributed by atoms with van der Waals surface area (Å²) < 4.78 is 11.9. The van der Waals surface area contributed by atoms with Crippen molar-refractivity contribution in [3.63, 3.8) is 0 Å². The quantitative estimate of drug-likeness (QED) is 0.293. The zero-order valence-corrected chi connectivity index (χ0v) is 20.8. The van der Waals surface area contributed by atoms with Gasteiger partial charge >= 0.3 is 6.16 Å². The average Bonchev–Trinajstić information content (AvgIpc) is 2.76. The second-order valence-electron chi connectivity index (χ2n) is 9.85.